The molecule has 2 aromatic heterocycles. The Labute approximate surface area is 242 Å². The molecule has 5 aromatic rings. The lowest BCUT2D eigenvalue weighted by Gasteiger charge is -2.14. The molecule has 8 heteroatoms. The van der Waals surface area contributed by atoms with Crippen molar-refractivity contribution < 1.29 is 19.0 Å². The molecule has 1 N–H and O–H groups in total. The maximum Gasteiger partial charge on any atom is 0.343 e. The first kappa shape index (κ1) is 28.1. The van der Waals surface area contributed by atoms with E-state index in [4.69, 9.17) is 14.2 Å². The van der Waals surface area contributed by atoms with E-state index in [1.807, 2.05) is 71.3 Å². The molecular weight excluding hydrogens is 536 g/mol. The van der Waals surface area contributed by atoms with E-state index >= 15 is 0 Å². The van der Waals surface area contributed by atoms with Crippen LogP contribution in [0.25, 0.3) is 20.7 Å². The third-order valence-corrected chi connectivity index (χ3v) is 8.18. The van der Waals surface area contributed by atoms with Gasteiger partial charge in [0.2, 0.25) is 5.43 Å². The highest BCUT2D eigenvalue weighted by atomic mass is 32.1. The molecule has 210 valence electrons. The standard InChI is InChI=1S/C33H32N2O5S/c1-4-40-33(37)27-21-35(20-24-12-8-9-13-28(24)39-3)32-29(30(27)36)26(19-34-18-22-10-6-5-7-11-22)31(41-32)23-14-16-25(38-2)17-15-23/h5-17,21,34H,4,18-20H2,1-3H3. The van der Waals surface area contributed by atoms with Crippen molar-refractivity contribution in [3.8, 4) is 21.9 Å². The molecule has 41 heavy (non-hydrogen) atoms. The van der Waals surface area contributed by atoms with Gasteiger partial charge in [0.25, 0.3) is 0 Å². The van der Waals surface area contributed by atoms with Gasteiger partial charge in [0, 0.05) is 29.7 Å². The van der Waals surface area contributed by atoms with Crippen LogP contribution in [0.3, 0.4) is 0 Å². The van der Waals surface area contributed by atoms with E-state index in [9.17, 15) is 9.59 Å². The Morgan fingerprint density at radius 1 is 0.902 bits per heavy atom. The fourth-order valence-corrected chi connectivity index (χ4v) is 6.15. The van der Waals surface area contributed by atoms with Crippen LogP contribution >= 0.6 is 11.3 Å². The fraction of sp³-hybridized carbons (Fsp3) is 0.212. The molecule has 0 saturated heterocycles. The second kappa shape index (κ2) is 12.8. The van der Waals surface area contributed by atoms with Crippen LogP contribution in [0, 0.1) is 0 Å². The molecule has 0 fully saturated rings. The molecule has 0 amide bonds. The summed E-state index contributed by atoms with van der Waals surface area (Å²) in [6.07, 6.45) is 1.62. The van der Waals surface area contributed by atoms with Crippen molar-refractivity contribution in [1.29, 1.82) is 0 Å². The second-order valence-corrected chi connectivity index (χ2v) is 10.4. The van der Waals surface area contributed by atoms with Crippen molar-refractivity contribution >= 4 is 27.5 Å². The Bertz CT molecular complexity index is 1710. The van der Waals surface area contributed by atoms with Crippen LogP contribution in [0.4, 0.5) is 0 Å². The van der Waals surface area contributed by atoms with Gasteiger partial charge in [-0.2, -0.15) is 0 Å². The highest BCUT2D eigenvalue weighted by molar-refractivity contribution is 7.22. The summed E-state index contributed by atoms with van der Waals surface area (Å²) < 4.78 is 18.2. The number of carbonyl (C=O) groups is 1. The third-order valence-electron chi connectivity index (χ3n) is 6.86. The van der Waals surface area contributed by atoms with E-state index in [2.05, 4.69) is 17.4 Å². The number of fused-ring (bicyclic) bond motifs is 1. The predicted octanol–water partition coefficient (Wildman–Crippen LogP) is 6.26. The number of carbonyl (C=O) groups excluding carboxylic acids is 1. The summed E-state index contributed by atoms with van der Waals surface area (Å²) in [5.74, 6) is 0.848. The molecule has 0 bridgehead atoms. The lowest BCUT2D eigenvalue weighted by Crippen LogP contribution is -2.22. The largest absolute Gasteiger partial charge is 0.497 e. The van der Waals surface area contributed by atoms with Crippen LogP contribution in [0.1, 0.15) is 34.0 Å². The van der Waals surface area contributed by atoms with E-state index < -0.39 is 5.97 Å². The van der Waals surface area contributed by atoms with E-state index in [0.29, 0.717) is 25.0 Å². The third kappa shape index (κ3) is 6.04. The number of thiophene rings is 1. The normalized spacial score (nSPS) is 11.0. The van der Waals surface area contributed by atoms with Gasteiger partial charge in [-0.3, -0.25) is 4.79 Å². The van der Waals surface area contributed by atoms with Crippen molar-refractivity contribution in [2.24, 2.45) is 0 Å². The average Bonchev–Trinajstić information content (AvgIpc) is 3.39. The number of rotatable bonds is 11. The molecule has 0 saturated carbocycles. The number of nitrogens with zero attached hydrogens (tertiary/aromatic N) is 1. The summed E-state index contributed by atoms with van der Waals surface area (Å²) in [6, 6.07) is 25.6. The number of pyridine rings is 1. The van der Waals surface area contributed by atoms with Gasteiger partial charge >= 0.3 is 5.97 Å². The van der Waals surface area contributed by atoms with Crippen LogP contribution < -0.4 is 20.2 Å². The van der Waals surface area contributed by atoms with E-state index in [1.165, 1.54) is 11.3 Å². The number of hydrogen-bond donors (Lipinski definition) is 1. The molecular formula is C33H32N2O5S. The van der Waals surface area contributed by atoms with Gasteiger partial charge in [-0.25, -0.2) is 4.79 Å². The van der Waals surface area contributed by atoms with Gasteiger partial charge < -0.3 is 24.1 Å². The molecule has 7 nitrogen and oxygen atoms in total. The Balaban J connectivity index is 1.70. The SMILES string of the molecule is CCOC(=O)c1cn(Cc2ccccc2OC)c2sc(-c3ccc(OC)cc3)c(CNCc3ccccc3)c2c1=O. The number of para-hydroxylation sites is 1. The molecule has 0 aliphatic heterocycles. The topological polar surface area (TPSA) is 78.8 Å². The monoisotopic (exact) mass is 568 g/mol. The van der Waals surface area contributed by atoms with Crippen molar-refractivity contribution in [2.45, 2.75) is 26.6 Å². The van der Waals surface area contributed by atoms with Crippen LogP contribution in [0.15, 0.2) is 89.9 Å². The number of ether oxygens (including phenoxy) is 3. The van der Waals surface area contributed by atoms with Crippen LogP contribution in [0.5, 0.6) is 11.5 Å². The molecule has 0 radical (unpaired) electrons. The number of benzene rings is 3. The van der Waals surface area contributed by atoms with Gasteiger partial charge in [-0.05, 0) is 53.9 Å². The number of esters is 1. The highest BCUT2D eigenvalue weighted by Gasteiger charge is 2.24. The Morgan fingerprint density at radius 3 is 2.34 bits per heavy atom. The molecule has 0 aliphatic carbocycles. The van der Waals surface area contributed by atoms with E-state index in [0.717, 1.165) is 43.5 Å². The quantitative estimate of drug-likeness (QED) is 0.190. The number of methoxy groups -OCH3 is 2. The van der Waals surface area contributed by atoms with Crippen LogP contribution in [-0.4, -0.2) is 31.4 Å². The Morgan fingerprint density at radius 2 is 1.63 bits per heavy atom. The molecule has 0 atom stereocenters. The zero-order chi connectivity index (χ0) is 28.8. The number of hydrogen-bond acceptors (Lipinski definition) is 7. The summed E-state index contributed by atoms with van der Waals surface area (Å²) >= 11 is 1.53. The maximum atomic E-state index is 14.0. The summed E-state index contributed by atoms with van der Waals surface area (Å²) in [4.78, 5) is 28.7. The van der Waals surface area contributed by atoms with Gasteiger partial charge in [-0.15, -0.1) is 11.3 Å². The summed E-state index contributed by atoms with van der Waals surface area (Å²) in [5.41, 5.74) is 3.55. The summed E-state index contributed by atoms with van der Waals surface area (Å²) in [6.45, 7) is 3.39. The van der Waals surface area contributed by atoms with Crippen LogP contribution in [-0.2, 0) is 24.4 Å². The molecule has 3 aromatic carbocycles. The van der Waals surface area contributed by atoms with Gasteiger partial charge in [-0.1, -0.05) is 48.5 Å². The lowest BCUT2D eigenvalue weighted by molar-refractivity contribution is 0.0524. The van der Waals surface area contributed by atoms with Gasteiger partial charge in [0.15, 0.2) is 0 Å². The van der Waals surface area contributed by atoms with Gasteiger partial charge in [0.1, 0.15) is 21.9 Å². The summed E-state index contributed by atoms with van der Waals surface area (Å²) in [7, 11) is 3.27. The summed E-state index contributed by atoms with van der Waals surface area (Å²) in [5, 5.41) is 4.03. The minimum Gasteiger partial charge on any atom is -0.497 e. The van der Waals surface area contributed by atoms with E-state index in [-0.39, 0.29) is 17.6 Å². The number of nitrogens with one attached hydrogen (secondary N) is 1. The minimum atomic E-state index is -0.631. The molecule has 0 unspecified atom stereocenters. The van der Waals surface area contributed by atoms with Crippen molar-refractivity contribution in [3.63, 3.8) is 0 Å². The van der Waals surface area contributed by atoms with Gasteiger partial charge in [0.05, 0.1) is 32.8 Å². The zero-order valence-corrected chi connectivity index (χ0v) is 24.1. The number of aromatic nitrogens is 1. The lowest BCUT2D eigenvalue weighted by atomic mass is 10.0. The first-order valence-electron chi connectivity index (χ1n) is 13.4. The second-order valence-electron chi connectivity index (χ2n) is 9.44. The Kier molecular flexibility index (Phi) is 8.82. The Hall–Kier alpha value is -4.40. The fourth-order valence-electron chi connectivity index (χ4n) is 4.86. The average molecular weight is 569 g/mol. The highest BCUT2D eigenvalue weighted by Crippen LogP contribution is 2.39. The minimum absolute atomic E-state index is 0.0117. The predicted molar refractivity (Wildman–Crippen MR) is 163 cm³/mol. The van der Waals surface area contributed by atoms with Crippen molar-refractivity contribution in [3.05, 3.63) is 118 Å². The van der Waals surface area contributed by atoms with Crippen molar-refractivity contribution in [2.75, 3.05) is 20.8 Å². The zero-order valence-electron chi connectivity index (χ0n) is 23.3. The smallest absolute Gasteiger partial charge is 0.343 e. The maximum absolute atomic E-state index is 14.0. The van der Waals surface area contributed by atoms with Crippen LogP contribution in [0.2, 0.25) is 0 Å². The van der Waals surface area contributed by atoms with Crippen molar-refractivity contribution in [1.82, 2.24) is 9.88 Å². The first-order chi connectivity index (χ1) is 20.0. The first-order valence-corrected chi connectivity index (χ1v) is 14.2. The molecule has 5 rings (SSSR count). The molecule has 0 aliphatic rings. The van der Waals surface area contributed by atoms with E-state index in [1.54, 1.807) is 27.3 Å². The molecule has 0 spiro atoms. The molecule has 2 heterocycles.